The first-order chi connectivity index (χ1) is 8.75. The summed E-state index contributed by atoms with van der Waals surface area (Å²) < 4.78 is 0. The van der Waals surface area contributed by atoms with Gasteiger partial charge in [0.15, 0.2) is 0 Å². The highest BCUT2D eigenvalue weighted by Crippen LogP contribution is 2.19. The fraction of sp³-hybridized carbons (Fsp3) is 0.846. The Kier molecular flexibility index (Phi) is 5.17. The number of carboxylic acids is 1. The molecule has 1 saturated heterocycles. The normalized spacial score (nSPS) is 19.1. The van der Waals surface area contributed by atoms with Crippen molar-refractivity contribution >= 4 is 12.0 Å². The fourth-order valence-electron chi connectivity index (χ4n) is 2.13. The van der Waals surface area contributed by atoms with Crippen LogP contribution in [0.1, 0.15) is 27.7 Å². The van der Waals surface area contributed by atoms with Crippen molar-refractivity contribution < 1.29 is 14.7 Å². The minimum absolute atomic E-state index is 0.280. The largest absolute Gasteiger partial charge is 0.480 e. The van der Waals surface area contributed by atoms with Crippen LogP contribution in [0.2, 0.25) is 0 Å². The summed E-state index contributed by atoms with van der Waals surface area (Å²) in [5.74, 6) is -0.993. The van der Waals surface area contributed by atoms with Crippen molar-refractivity contribution in [2.45, 2.75) is 33.7 Å². The van der Waals surface area contributed by atoms with E-state index in [0.717, 1.165) is 19.6 Å². The van der Waals surface area contributed by atoms with Crippen LogP contribution in [0.4, 0.5) is 4.79 Å². The van der Waals surface area contributed by atoms with Crippen molar-refractivity contribution in [3.63, 3.8) is 0 Å². The molecule has 1 fully saturated rings. The van der Waals surface area contributed by atoms with Gasteiger partial charge in [-0.3, -0.25) is 0 Å². The van der Waals surface area contributed by atoms with E-state index in [2.05, 4.69) is 17.1 Å². The minimum Gasteiger partial charge on any atom is -0.480 e. The number of aliphatic carboxylic acids is 1. The third-order valence-electron chi connectivity index (χ3n) is 3.49. The highest BCUT2D eigenvalue weighted by atomic mass is 16.4. The molecule has 0 spiro atoms. The van der Waals surface area contributed by atoms with Gasteiger partial charge in [-0.05, 0) is 12.0 Å². The lowest BCUT2D eigenvalue weighted by molar-refractivity contribution is -0.142. The summed E-state index contributed by atoms with van der Waals surface area (Å²) in [4.78, 5) is 27.3. The Morgan fingerprint density at radius 3 is 2.11 bits per heavy atom. The van der Waals surface area contributed by atoms with Gasteiger partial charge in [0, 0.05) is 26.2 Å². The quantitative estimate of drug-likeness (QED) is 0.797. The molecule has 0 aromatic heterocycles. The van der Waals surface area contributed by atoms with Crippen LogP contribution in [0.3, 0.4) is 0 Å². The molecule has 110 valence electrons. The molecule has 0 unspecified atom stereocenters. The van der Waals surface area contributed by atoms with Crippen LogP contribution < -0.4 is 5.32 Å². The Labute approximate surface area is 114 Å². The van der Waals surface area contributed by atoms with E-state index in [4.69, 9.17) is 0 Å². The summed E-state index contributed by atoms with van der Waals surface area (Å²) >= 11 is 0. The lowest BCUT2D eigenvalue weighted by Crippen LogP contribution is -2.57. The molecular weight excluding hydrogens is 246 g/mol. The number of hydrogen-bond acceptors (Lipinski definition) is 3. The second-order valence-corrected chi connectivity index (χ2v) is 6.01. The lowest BCUT2D eigenvalue weighted by Gasteiger charge is -2.36. The van der Waals surface area contributed by atoms with E-state index in [0.29, 0.717) is 13.1 Å². The smallest absolute Gasteiger partial charge is 0.326 e. The van der Waals surface area contributed by atoms with Crippen LogP contribution in [-0.4, -0.2) is 65.7 Å². The second-order valence-electron chi connectivity index (χ2n) is 6.01. The summed E-state index contributed by atoms with van der Waals surface area (Å²) in [5, 5.41) is 11.8. The first kappa shape index (κ1) is 15.8. The number of carbonyl (C=O) groups is 2. The number of likely N-dealkylation sites (N-methyl/N-ethyl adjacent to an activating group) is 1. The zero-order valence-corrected chi connectivity index (χ0v) is 12.3. The van der Waals surface area contributed by atoms with Crippen molar-refractivity contribution in [1.82, 2.24) is 15.1 Å². The van der Waals surface area contributed by atoms with Gasteiger partial charge in [-0.2, -0.15) is 0 Å². The Morgan fingerprint density at radius 1 is 1.21 bits per heavy atom. The molecule has 0 aromatic rings. The van der Waals surface area contributed by atoms with E-state index in [1.807, 2.05) is 0 Å². The van der Waals surface area contributed by atoms with Gasteiger partial charge in [-0.1, -0.05) is 27.7 Å². The van der Waals surface area contributed by atoms with Gasteiger partial charge in [-0.25, -0.2) is 9.59 Å². The topological polar surface area (TPSA) is 72.9 Å². The molecule has 19 heavy (non-hydrogen) atoms. The number of amides is 2. The second kappa shape index (κ2) is 6.23. The summed E-state index contributed by atoms with van der Waals surface area (Å²) in [6.45, 7) is 11.5. The highest BCUT2D eigenvalue weighted by molar-refractivity contribution is 5.83. The Hall–Kier alpha value is -1.30. The zero-order valence-electron chi connectivity index (χ0n) is 12.3. The van der Waals surface area contributed by atoms with Crippen molar-refractivity contribution in [2.24, 2.45) is 5.41 Å². The van der Waals surface area contributed by atoms with Gasteiger partial charge in [0.2, 0.25) is 0 Å². The summed E-state index contributed by atoms with van der Waals surface area (Å²) in [5.41, 5.74) is -0.507. The molecule has 0 bridgehead atoms. The summed E-state index contributed by atoms with van der Waals surface area (Å²) in [6, 6.07) is -1.15. The van der Waals surface area contributed by atoms with E-state index >= 15 is 0 Å². The fourth-order valence-corrected chi connectivity index (χ4v) is 2.13. The van der Waals surface area contributed by atoms with E-state index in [-0.39, 0.29) is 6.03 Å². The maximum atomic E-state index is 12.1. The number of carbonyl (C=O) groups excluding carboxylic acids is 1. The molecule has 1 aliphatic heterocycles. The van der Waals surface area contributed by atoms with Crippen LogP contribution in [0.5, 0.6) is 0 Å². The average Bonchev–Trinajstić information content (AvgIpc) is 2.34. The maximum absolute atomic E-state index is 12.1. The maximum Gasteiger partial charge on any atom is 0.326 e. The number of nitrogens with one attached hydrogen (secondary N) is 1. The molecule has 1 heterocycles. The first-order valence-electron chi connectivity index (χ1n) is 6.76. The Morgan fingerprint density at radius 2 is 1.74 bits per heavy atom. The predicted molar refractivity (Wildman–Crippen MR) is 73.1 cm³/mol. The van der Waals surface area contributed by atoms with Gasteiger partial charge < -0.3 is 20.2 Å². The molecule has 0 saturated carbocycles. The summed E-state index contributed by atoms with van der Waals surface area (Å²) in [6.07, 6.45) is 0. The third kappa shape index (κ3) is 4.38. The van der Waals surface area contributed by atoms with Crippen LogP contribution >= 0.6 is 0 Å². The number of piperazine rings is 1. The molecule has 6 heteroatoms. The molecule has 0 aromatic carbocycles. The van der Waals surface area contributed by atoms with Gasteiger partial charge in [0.1, 0.15) is 6.04 Å². The molecule has 2 N–H and O–H groups in total. The van der Waals surface area contributed by atoms with Crippen molar-refractivity contribution in [1.29, 1.82) is 0 Å². The molecule has 6 nitrogen and oxygen atoms in total. The third-order valence-corrected chi connectivity index (χ3v) is 3.49. The number of urea groups is 1. The lowest BCUT2D eigenvalue weighted by atomic mass is 9.87. The molecule has 1 atom stereocenters. The van der Waals surface area contributed by atoms with Gasteiger partial charge >= 0.3 is 12.0 Å². The average molecular weight is 271 g/mol. The molecule has 1 rings (SSSR count). The Bertz CT molecular complexity index is 331. The standard InChI is InChI=1S/C13H25N3O3/c1-5-15-6-8-16(9-7-15)12(19)14-10(11(17)18)13(2,3)4/h10H,5-9H2,1-4H3,(H,14,19)(H,17,18)/t10-/m1/s1. The summed E-state index contributed by atoms with van der Waals surface area (Å²) in [7, 11) is 0. The van der Waals surface area contributed by atoms with Crippen LogP contribution in [0, 0.1) is 5.41 Å². The minimum atomic E-state index is -0.993. The van der Waals surface area contributed by atoms with E-state index in [1.165, 1.54) is 0 Å². The number of carboxylic acid groups (broad SMARTS) is 1. The van der Waals surface area contributed by atoms with Gasteiger partial charge in [0.25, 0.3) is 0 Å². The highest BCUT2D eigenvalue weighted by Gasteiger charge is 2.34. The number of rotatable bonds is 3. The molecule has 0 radical (unpaired) electrons. The van der Waals surface area contributed by atoms with Crippen molar-refractivity contribution in [3.8, 4) is 0 Å². The molecule has 2 amide bonds. The number of hydrogen-bond donors (Lipinski definition) is 2. The number of nitrogens with zero attached hydrogens (tertiary/aromatic N) is 2. The van der Waals surface area contributed by atoms with Crippen molar-refractivity contribution in [2.75, 3.05) is 32.7 Å². The van der Waals surface area contributed by atoms with E-state index < -0.39 is 17.4 Å². The van der Waals surface area contributed by atoms with Gasteiger partial charge in [-0.15, -0.1) is 0 Å². The predicted octanol–water partition coefficient (Wildman–Crippen LogP) is 0.833. The van der Waals surface area contributed by atoms with Crippen LogP contribution in [-0.2, 0) is 4.79 Å². The molecule has 1 aliphatic rings. The molecule has 0 aliphatic carbocycles. The van der Waals surface area contributed by atoms with Crippen LogP contribution in [0.25, 0.3) is 0 Å². The monoisotopic (exact) mass is 271 g/mol. The first-order valence-corrected chi connectivity index (χ1v) is 6.76. The van der Waals surface area contributed by atoms with E-state index in [1.54, 1.807) is 25.7 Å². The zero-order chi connectivity index (χ0) is 14.6. The van der Waals surface area contributed by atoms with Crippen molar-refractivity contribution in [3.05, 3.63) is 0 Å². The van der Waals surface area contributed by atoms with Gasteiger partial charge in [0.05, 0.1) is 0 Å². The van der Waals surface area contributed by atoms with E-state index in [9.17, 15) is 14.7 Å². The SMILES string of the molecule is CCN1CCN(C(=O)N[C@H](C(=O)O)C(C)(C)C)CC1. The molecular formula is C13H25N3O3. The Balaban J connectivity index is 2.57. The van der Waals surface area contributed by atoms with Crippen LogP contribution in [0.15, 0.2) is 0 Å².